The Morgan fingerprint density at radius 1 is 0.239 bits per heavy atom. The summed E-state index contributed by atoms with van der Waals surface area (Å²) in [6, 6.07) is 0. The van der Waals surface area contributed by atoms with Crippen LogP contribution in [0, 0.1) is 37.3 Å². The Morgan fingerprint density at radius 2 is 0.328 bits per heavy atom. The van der Waals surface area contributed by atoms with E-state index in [9.17, 15) is 24.0 Å². The molecule has 0 rings (SSSR count). The number of aliphatic carboxylic acids is 5. The van der Waals surface area contributed by atoms with Crippen LogP contribution in [0.2, 0.25) is 0 Å². The van der Waals surface area contributed by atoms with Crippen LogP contribution in [0.3, 0.4) is 0 Å². The molecule has 0 aromatic heterocycles. The molecule has 0 unspecified atom stereocenters. The largest absolute Gasteiger partial charge is 0.479 e. The molecular formula is C30H60ErFeO35. The predicted molar refractivity (Wildman–Crippen MR) is 194 cm³/mol. The van der Waals surface area contributed by atoms with E-state index in [4.69, 9.17) is 153 Å². The molecular weight excluding hydrogens is 1140 g/mol. The van der Waals surface area contributed by atoms with E-state index in [1.807, 2.05) is 0 Å². The third kappa shape index (κ3) is 31.9. The second-order valence-electron chi connectivity index (χ2n) is 12.6. The summed E-state index contributed by atoms with van der Waals surface area (Å²) in [5.74, 6) is -8.63. The molecule has 0 spiro atoms. The Morgan fingerprint density at radius 3 is 0.388 bits per heavy atom. The van der Waals surface area contributed by atoms with Crippen molar-refractivity contribution >= 4 is 29.8 Å². The average molecular weight is 1200 g/mol. The Labute approximate surface area is 414 Å². The van der Waals surface area contributed by atoms with Crippen molar-refractivity contribution in [1.29, 1.82) is 0 Å². The first-order valence-corrected chi connectivity index (χ1v) is 17.4. The summed E-state index contributed by atoms with van der Waals surface area (Å²) in [4.78, 5) is 50.5. The van der Waals surface area contributed by atoms with Crippen LogP contribution in [0.5, 0.6) is 0 Å². The van der Waals surface area contributed by atoms with Gasteiger partial charge in [-0.15, -0.1) is 0 Å². The third-order valence-corrected chi connectivity index (χ3v) is 7.54. The second-order valence-corrected chi connectivity index (χ2v) is 12.6. The minimum atomic E-state index is -2.20. The van der Waals surface area contributed by atoms with Crippen LogP contribution in [-0.4, -0.2) is 338 Å². The van der Waals surface area contributed by atoms with Crippen LogP contribution >= 0.6 is 0 Å². The van der Waals surface area contributed by atoms with Crippen molar-refractivity contribution in [3.63, 3.8) is 0 Å². The van der Waals surface area contributed by atoms with E-state index >= 15 is 0 Å². The number of carbonyl (C=O) groups is 5. The molecule has 30 N–H and O–H groups in total. The van der Waals surface area contributed by atoms with Gasteiger partial charge in [0.1, 0.15) is 91.6 Å². The molecule has 0 aromatic carbocycles. The molecule has 0 saturated carbocycles. The molecule has 0 heterocycles. The zero-order valence-corrected chi connectivity index (χ0v) is 36.6. The van der Waals surface area contributed by atoms with Crippen molar-refractivity contribution in [2.45, 2.75) is 122 Å². The van der Waals surface area contributed by atoms with Gasteiger partial charge in [-0.3, -0.25) is 0 Å². The van der Waals surface area contributed by atoms with Gasteiger partial charge in [-0.2, -0.15) is 0 Å². The maximum Gasteiger partial charge on any atom is 0.335 e. The molecule has 0 aliphatic heterocycles. The smallest absolute Gasteiger partial charge is 0.335 e. The zero-order valence-electron chi connectivity index (χ0n) is 33.7. The summed E-state index contributed by atoms with van der Waals surface area (Å²) in [7, 11) is 0. The molecule has 0 saturated heterocycles. The van der Waals surface area contributed by atoms with Crippen LogP contribution in [0.4, 0.5) is 0 Å². The van der Waals surface area contributed by atoms with E-state index in [0.29, 0.717) is 0 Å². The van der Waals surface area contributed by atoms with Gasteiger partial charge in [-0.1, -0.05) is 0 Å². The molecule has 20 atom stereocenters. The maximum atomic E-state index is 10.1. The van der Waals surface area contributed by atoms with Gasteiger partial charge >= 0.3 is 29.8 Å². The second kappa shape index (κ2) is 41.9. The van der Waals surface area contributed by atoms with Crippen molar-refractivity contribution < 1.29 is 232 Å². The van der Waals surface area contributed by atoms with E-state index in [0.717, 1.165) is 0 Å². The fraction of sp³-hybridized carbons (Fsp3) is 0.833. The predicted octanol–water partition coefficient (Wildman–Crippen LogP) is -17.5. The number of hydrogen-bond donors (Lipinski definition) is 30. The van der Waals surface area contributed by atoms with E-state index in [2.05, 4.69) is 0 Å². The normalized spacial score (nSPS) is 19.8. The van der Waals surface area contributed by atoms with Crippen molar-refractivity contribution in [3.8, 4) is 0 Å². The van der Waals surface area contributed by atoms with E-state index in [1.165, 1.54) is 0 Å². The van der Waals surface area contributed by atoms with Crippen LogP contribution < -0.4 is 0 Å². The van der Waals surface area contributed by atoms with Crippen molar-refractivity contribution in [1.82, 2.24) is 0 Å². The number of carboxylic acids is 5. The molecule has 0 aromatic rings. The van der Waals surface area contributed by atoms with Crippen LogP contribution in [0.15, 0.2) is 0 Å². The topological polar surface area (TPSA) is 692 Å². The molecule has 35 nitrogen and oxygen atoms in total. The average Bonchev–Trinajstić information content (AvgIpc) is 3.28. The quantitative estimate of drug-likeness (QED) is 0.0378. The number of hydrogen-bond acceptors (Lipinski definition) is 30. The maximum absolute atomic E-state index is 10.1. The first-order valence-electron chi connectivity index (χ1n) is 17.4. The molecule has 0 aliphatic rings. The Hall–Kier alpha value is -1.88. The number of aliphatic hydroxyl groups excluding tert-OH is 25. The van der Waals surface area contributed by atoms with Gasteiger partial charge in [0.2, 0.25) is 0 Å². The minimum absolute atomic E-state index is 0. The van der Waals surface area contributed by atoms with Crippen LogP contribution in [0.1, 0.15) is 0 Å². The summed E-state index contributed by atoms with van der Waals surface area (Å²) in [6.07, 6.45) is -39.2. The van der Waals surface area contributed by atoms with Gasteiger partial charge in [0, 0.05) is 54.4 Å². The first-order chi connectivity index (χ1) is 29.6. The Bertz CT molecular complexity index is 1090. The van der Waals surface area contributed by atoms with Gasteiger partial charge < -0.3 is 153 Å². The molecule has 0 radical (unpaired) electrons. The monoisotopic (exact) mass is 1200 g/mol. The van der Waals surface area contributed by atoms with Crippen molar-refractivity contribution in [3.05, 3.63) is 0 Å². The fourth-order valence-electron chi connectivity index (χ4n) is 3.34. The van der Waals surface area contributed by atoms with E-state index in [1.54, 1.807) is 0 Å². The molecule has 0 fully saturated rings. The molecule has 67 heavy (non-hydrogen) atoms. The van der Waals surface area contributed by atoms with Gasteiger partial charge in [0.25, 0.3) is 0 Å². The van der Waals surface area contributed by atoms with Gasteiger partial charge in [-0.05, 0) is 0 Å². The molecule has 0 amide bonds. The third-order valence-electron chi connectivity index (χ3n) is 7.54. The molecule has 410 valence electrons. The molecule has 37 heteroatoms. The molecule has 0 bridgehead atoms. The number of rotatable bonds is 25. The summed E-state index contributed by atoms with van der Waals surface area (Å²) in [6.45, 7) is -4.21. The standard InChI is InChI=1S/5C6H12O7.Er.Fe/c5*7-1-2(8)3(9)4(10)5(11)6(12)13;;/h5*2-5,7-11H,1H2,(H,12,13);;/t5*2-,3-,4+,5-;;/m11111../s1. The first kappa shape index (κ1) is 79.3. The van der Waals surface area contributed by atoms with Crippen LogP contribution in [-0.2, 0) is 41.0 Å². The number of carboxylic acid groups (broad SMARTS) is 5. The van der Waals surface area contributed by atoms with Gasteiger partial charge in [-0.25, -0.2) is 24.0 Å². The summed E-state index contributed by atoms with van der Waals surface area (Å²) in [5.41, 5.74) is 0. The van der Waals surface area contributed by atoms with Crippen molar-refractivity contribution in [2.24, 2.45) is 0 Å². The Kier molecular flexibility index (Phi) is 49.5. The van der Waals surface area contributed by atoms with Crippen molar-refractivity contribution in [2.75, 3.05) is 33.0 Å². The summed E-state index contributed by atoms with van der Waals surface area (Å²) < 4.78 is 0. The van der Waals surface area contributed by atoms with Gasteiger partial charge in [0.05, 0.1) is 33.0 Å². The molecule has 0 aliphatic carbocycles. The zero-order chi connectivity index (χ0) is 53.0. The fourth-order valence-corrected chi connectivity index (χ4v) is 3.34. The number of aliphatic hydroxyl groups is 25. The van der Waals surface area contributed by atoms with E-state index in [-0.39, 0.29) is 54.4 Å². The van der Waals surface area contributed by atoms with Gasteiger partial charge in [0.15, 0.2) is 30.5 Å². The van der Waals surface area contributed by atoms with Crippen LogP contribution in [0.25, 0.3) is 0 Å². The minimum Gasteiger partial charge on any atom is -0.479 e. The van der Waals surface area contributed by atoms with E-state index < -0.39 is 185 Å². The SMILES string of the molecule is O=C(O)[C@H](O)[C@@H](O)[C@H](O)[C@H](O)CO.O=C(O)[C@H](O)[C@@H](O)[C@H](O)[C@H](O)CO.O=C(O)[C@H](O)[C@@H](O)[C@H](O)[C@H](O)CO.O=C(O)[C@H](O)[C@@H](O)[C@H](O)[C@H](O)CO.O=C(O)[C@H](O)[C@@H](O)[C@H](O)[C@H](O)CO.[Er].[Fe]. The Balaban J connectivity index is -0.000000133. The summed E-state index contributed by atoms with van der Waals surface area (Å²) in [5, 5.41) is 259. The summed E-state index contributed by atoms with van der Waals surface area (Å²) >= 11 is 0.